The minimum atomic E-state index is 0.354. The Morgan fingerprint density at radius 2 is 2.57 bits per heavy atom. The van der Waals surface area contributed by atoms with Crippen LogP contribution in [0.4, 0.5) is 0 Å². The van der Waals surface area contributed by atoms with E-state index in [2.05, 4.69) is 25.4 Å². The van der Waals surface area contributed by atoms with E-state index in [1.165, 1.54) is 0 Å². The van der Waals surface area contributed by atoms with Crippen molar-refractivity contribution in [3.05, 3.63) is 0 Å². The smallest absolute Gasteiger partial charge is 0.219 e. The van der Waals surface area contributed by atoms with Gasteiger partial charge in [0.1, 0.15) is 6.73 Å². The van der Waals surface area contributed by atoms with E-state index in [1.54, 1.807) is 7.41 Å². The molecule has 0 aliphatic carbocycles. The molecule has 0 saturated carbocycles. The van der Waals surface area contributed by atoms with Gasteiger partial charge in [-0.25, -0.2) is 0 Å². The molecule has 0 bridgehead atoms. The first-order valence-electron chi connectivity index (χ1n) is 1.76. The minimum Gasteiger partial charge on any atom is -0.337 e. The molecule has 41 valence electrons. The lowest BCUT2D eigenvalue weighted by Crippen LogP contribution is -2.21. The van der Waals surface area contributed by atoms with Crippen molar-refractivity contribution < 1.29 is 4.29 Å². The summed E-state index contributed by atoms with van der Waals surface area (Å²) >= 11 is 8.00. The lowest BCUT2D eigenvalue weighted by Gasteiger charge is -1.92. The first-order chi connectivity index (χ1) is 3.41. The van der Waals surface area contributed by atoms with Gasteiger partial charge in [-0.15, -0.1) is 15.9 Å². The van der Waals surface area contributed by atoms with E-state index in [0.717, 1.165) is 5.23 Å². The van der Waals surface area contributed by atoms with Gasteiger partial charge in [0.05, 0.1) is 11.9 Å². The summed E-state index contributed by atoms with van der Waals surface area (Å²) in [6.07, 6.45) is 0. The Morgan fingerprint density at radius 3 is 3.00 bits per heavy atom. The van der Waals surface area contributed by atoms with Gasteiger partial charge in [-0.2, -0.15) is 0 Å². The van der Waals surface area contributed by atoms with Crippen LogP contribution in [0.1, 0.15) is 0 Å². The van der Waals surface area contributed by atoms with E-state index < -0.39 is 0 Å². The van der Waals surface area contributed by atoms with Crippen LogP contribution in [0, 0.1) is 0 Å². The van der Waals surface area contributed by atoms with Gasteiger partial charge >= 0.3 is 0 Å². The molecule has 0 aromatic carbocycles. The third-order valence-electron chi connectivity index (χ3n) is 0.359. The summed E-state index contributed by atoms with van der Waals surface area (Å²) in [5.41, 5.74) is 0. The molecule has 0 spiro atoms. The molecule has 1 radical (unpaired) electrons. The number of rotatable bonds is 4. The molecule has 0 aromatic rings. The summed E-state index contributed by atoms with van der Waals surface area (Å²) in [6.45, 7) is 0.354. The summed E-state index contributed by atoms with van der Waals surface area (Å²) in [4.78, 5) is 0. The third-order valence-corrected chi connectivity index (χ3v) is 0.792. The Labute approximate surface area is 57.1 Å². The van der Waals surface area contributed by atoms with Crippen LogP contribution in [0.5, 0.6) is 0 Å². The van der Waals surface area contributed by atoms with Crippen molar-refractivity contribution in [2.75, 3.05) is 12.0 Å². The fraction of sp³-hybridized carbons (Fsp3) is 1.00. The Kier molecular flexibility index (Phi) is 7.48. The fourth-order valence-corrected chi connectivity index (χ4v) is 0.437. The van der Waals surface area contributed by atoms with Gasteiger partial charge in [0.2, 0.25) is 7.41 Å². The summed E-state index contributed by atoms with van der Waals surface area (Å²) in [5.74, 6) is 0. The number of nitrogens with one attached hydrogen (secondary N) is 1. The quantitative estimate of drug-likeness (QED) is 0.301. The van der Waals surface area contributed by atoms with Crippen LogP contribution in [0.3, 0.4) is 0 Å². The van der Waals surface area contributed by atoms with Crippen LogP contribution >= 0.6 is 27.8 Å². The van der Waals surface area contributed by atoms with E-state index >= 15 is 0 Å². The number of alkyl halides is 1. The average Bonchev–Trinajstić information content (AvgIpc) is 1.69. The van der Waals surface area contributed by atoms with Gasteiger partial charge in [0, 0.05) is 0 Å². The molecule has 0 atom stereocenters. The topological polar surface area (TPSA) is 21.3 Å². The van der Waals surface area contributed by atoms with E-state index in [4.69, 9.17) is 11.9 Å². The molecule has 0 rings (SSSR count). The van der Waals surface area contributed by atoms with E-state index in [1.807, 2.05) is 0 Å². The first-order valence-corrected chi connectivity index (χ1v) is 3.19. The van der Waals surface area contributed by atoms with Crippen LogP contribution < -0.4 is 5.23 Å². The molecule has 0 aromatic heterocycles. The SMILES string of the molecule is ClOCN[B]CBr. The second kappa shape index (κ2) is 6.75. The maximum Gasteiger partial charge on any atom is 0.219 e. The molecule has 0 saturated heterocycles. The summed E-state index contributed by atoms with van der Waals surface area (Å²) in [6, 6.07) is 0. The number of halogens is 2. The predicted octanol–water partition coefficient (Wildman–Crippen LogP) is 0.675. The zero-order chi connectivity index (χ0) is 5.54. The van der Waals surface area contributed by atoms with Crippen LogP contribution in [0.15, 0.2) is 0 Å². The Bertz CT molecular complexity index is 36.9. The Balaban J connectivity index is 2.45. The maximum absolute atomic E-state index is 4.84. The molecular weight excluding hydrogens is 180 g/mol. The first kappa shape index (κ1) is 7.75. The molecule has 0 unspecified atom stereocenters. The summed E-state index contributed by atoms with van der Waals surface area (Å²) in [7, 11) is 1.79. The molecule has 0 aliphatic heterocycles. The highest BCUT2D eigenvalue weighted by Crippen LogP contribution is 1.74. The van der Waals surface area contributed by atoms with Gasteiger partial charge < -0.3 is 5.23 Å². The molecule has 0 fully saturated rings. The second-order valence-electron chi connectivity index (χ2n) is 0.816. The third kappa shape index (κ3) is 6.75. The number of hydrogen-bond donors (Lipinski definition) is 1. The molecular formula is C2H5BBrClNO. The summed E-state index contributed by atoms with van der Waals surface area (Å²) in [5, 5.41) is 3.56. The van der Waals surface area contributed by atoms with Crippen molar-refractivity contribution in [1.82, 2.24) is 5.23 Å². The minimum absolute atomic E-state index is 0.354. The van der Waals surface area contributed by atoms with Gasteiger partial charge in [0.25, 0.3) is 0 Å². The lowest BCUT2D eigenvalue weighted by molar-refractivity contribution is 0.346. The fourth-order valence-electron chi connectivity index (χ4n) is 0.145. The lowest BCUT2D eigenvalue weighted by atomic mass is 10.0. The molecule has 0 aliphatic rings. The molecule has 0 amide bonds. The van der Waals surface area contributed by atoms with Crippen molar-refractivity contribution in [2.45, 2.75) is 0 Å². The monoisotopic (exact) mass is 184 g/mol. The zero-order valence-corrected chi connectivity index (χ0v) is 6.00. The normalized spacial score (nSPS) is 8.86. The molecule has 7 heavy (non-hydrogen) atoms. The maximum atomic E-state index is 4.84. The van der Waals surface area contributed by atoms with Crippen LogP contribution in [0.2, 0.25) is 0 Å². The highest BCUT2D eigenvalue weighted by atomic mass is 79.9. The number of hydrogen-bond acceptors (Lipinski definition) is 2. The predicted molar refractivity (Wildman–Crippen MR) is 34.5 cm³/mol. The molecule has 2 nitrogen and oxygen atoms in total. The van der Waals surface area contributed by atoms with Gasteiger partial charge in [-0.05, 0) is 5.23 Å². The van der Waals surface area contributed by atoms with Crippen LogP contribution in [-0.2, 0) is 4.29 Å². The van der Waals surface area contributed by atoms with E-state index in [-0.39, 0.29) is 0 Å². The average molecular weight is 185 g/mol. The zero-order valence-electron chi connectivity index (χ0n) is 3.66. The van der Waals surface area contributed by atoms with Gasteiger partial charge in [-0.3, -0.25) is 4.29 Å². The molecule has 1 N–H and O–H groups in total. The standard InChI is InChI=1S/C2H5BBrClNO/c4-1-3-6-2-7-5/h6H,1-2H2. The highest BCUT2D eigenvalue weighted by Gasteiger charge is 1.82. The van der Waals surface area contributed by atoms with Crippen LogP contribution in [0.25, 0.3) is 0 Å². The second-order valence-corrected chi connectivity index (χ2v) is 1.68. The van der Waals surface area contributed by atoms with Gasteiger partial charge in [0.15, 0.2) is 0 Å². The van der Waals surface area contributed by atoms with Crippen molar-refractivity contribution >= 4 is 35.2 Å². The highest BCUT2D eigenvalue weighted by molar-refractivity contribution is 9.09. The van der Waals surface area contributed by atoms with Crippen molar-refractivity contribution in [2.24, 2.45) is 0 Å². The Morgan fingerprint density at radius 1 is 1.86 bits per heavy atom. The van der Waals surface area contributed by atoms with Crippen molar-refractivity contribution in [3.8, 4) is 0 Å². The van der Waals surface area contributed by atoms with E-state index in [0.29, 0.717) is 6.73 Å². The van der Waals surface area contributed by atoms with Crippen molar-refractivity contribution in [3.63, 3.8) is 0 Å². The van der Waals surface area contributed by atoms with Gasteiger partial charge in [-0.1, -0.05) is 0 Å². The van der Waals surface area contributed by atoms with Crippen LogP contribution in [-0.4, -0.2) is 19.4 Å². The summed E-state index contributed by atoms with van der Waals surface area (Å²) < 4.78 is 4.15. The van der Waals surface area contributed by atoms with E-state index in [9.17, 15) is 0 Å². The van der Waals surface area contributed by atoms with Crippen molar-refractivity contribution in [1.29, 1.82) is 0 Å². The largest absolute Gasteiger partial charge is 0.337 e. The molecule has 5 heteroatoms. The molecule has 0 heterocycles. The Hall–Kier alpha value is 0.755.